The van der Waals surface area contributed by atoms with Crippen molar-refractivity contribution in [3.63, 3.8) is 0 Å². The molecule has 102 valence electrons. The van der Waals surface area contributed by atoms with Crippen molar-refractivity contribution < 1.29 is 9.59 Å². The van der Waals surface area contributed by atoms with Gasteiger partial charge in [0.25, 0.3) is 0 Å². The van der Waals surface area contributed by atoms with Crippen molar-refractivity contribution in [2.75, 3.05) is 25.0 Å². The number of nitrogens with one attached hydrogen (secondary N) is 1. The van der Waals surface area contributed by atoms with Gasteiger partial charge in [-0.05, 0) is 25.0 Å². The molecule has 1 saturated heterocycles. The monoisotopic (exact) mass is 261 g/mol. The highest BCUT2D eigenvalue weighted by molar-refractivity contribution is 5.92. The summed E-state index contributed by atoms with van der Waals surface area (Å²) in [6, 6.07) is 9.68. The second-order valence-electron chi connectivity index (χ2n) is 4.63. The van der Waals surface area contributed by atoms with Crippen molar-refractivity contribution in [1.29, 1.82) is 0 Å². The first-order valence-corrected chi connectivity index (χ1v) is 6.51. The van der Waals surface area contributed by atoms with E-state index in [4.69, 9.17) is 0 Å². The Morgan fingerprint density at radius 3 is 2.47 bits per heavy atom. The van der Waals surface area contributed by atoms with Gasteiger partial charge in [-0.3, -0.25) is 9.69 Å². The molecule has 5 nitrogen and oxygen atoms in total. The van der Waals surface area contributed by atoms with Crippen molar-refractivity contribution in [2.24, 2.45) is 0 Å². The van der Waals surface area contributed by atoms with Gasteiger partial charge in [-0.15, -0.1) is 0 Å². The normalized spacial score (nSPS) is 15.9. The minimum Gasteiger partial charge on any atom is -0.345 e. The average Bonchev–Trinajstić information content (AvgIpc) is 2.49. The van der Waals surface area contributed by atoms with E-state index in [2.05, 4.69) is 5.32 Å². The number of carbonyl (C=O) groups excluding carboxylic acids is 2. The van der Waals surface area contributed by atoms with E-state index in [1.165, 1.54) is 0 Å². The number of benzene rings is 1. The number of amides is 3. The number of carbonyl (C=O) groups is 2. The van der Waals surface area contributed by atoms with E-state index >= 15 is 0 Å². The third-order valence-corrected chi connectivity index (χ3v) is 3.48. The number of hydrogen-bond donors (Lipinski definition) is 1. The highest BCUT2D eigenvalue weighted by Gasteiger charge is 2.28. The second kappa shape index (κ2) is 6.22. The summed E-state index contributed by atoms with van der Waals surface area (Å²) in [6.45, 7) is 1.41. The fourth-order valence-corrected chi connectivity index (χ4v) is 2.45. The molecule has 3 amide bonds. The number of likely N-dealkylation sites (tertiary alicyclic amines) is 1. The van der Waals surface area contributed by atoms with Gasteiger partial charge in [0.15, 0.2) is 0 Å². The van der Waals surface area contributed by atoms with Crippen LogP contribution in [0.2, 0.25) is 0 Å². The van der Waals surface area contributed by atoms with Crippen LogP contribution in [-0.4, -0.2) is 43.5 Å². The molecule has 5 heteroatoms. The van der Waals surface area contributed by atoms with Crippen molar-refractivity contribution in [3.05, 3.63) is 30.3 Å². The first-order valence-electron chi connectivity index (χ1n) is 6.51. The van der Waals surface area contributed by atoms with Gasteiger partial charge in [-0.1, -0.05) is 18.2 Å². The zero-order chi connectivity index (χ0) is 13.7. The second-order valence-corrected chi connectivity index (χ2v) is 4.63. The Morgan fingerprint density at radius 2 is 1.95 bits per heavy atom. The molecular formula is C14H19N3O2. The Labute approximate surface area is 113 Å². The molecule has 1 aromatic rings. The number of hydrogen-bond acceptors (Lipinski definition) is 2. The third kappa shape index (κ3) is 3.05. The van der Waals surface area contributed by atoms with Crippen LogP contribution in [0.5, 0.6) is 0 Å². The van der Waals surface area contributed by atoms with Gasteiger partial charge >= 0.3 is 6.03 Å². The quantitative estimate of drug-likeness (QED) is 0.837. The largest absolute Gasteiger partial charge is 0.345 e. The van der Waals surface area contributed by atoms with Crippen LogP contribution in [0.1, 0.15) is 12.8 Å². The number of rotatable bonds is 3. The smallest absolute Gasteiger partial charge is 0.321 e. The molecule has 0 aromatic heterocycles. The lowest BCUT2D eigenvalue weighted by Gasteiger charge is -2.37. The van der Waals surface area contributed by atoms with Crippen molar-refractivity contribution in [2.45, 2.75) is 18.9 Å². The Morgan fingerprint density at radius 1 is 1.32 bits per heavy atom. The summed E-state index contributed by atoms with van der Waals surface area (Å²) in [5, 5.41) is 2.69. The molecule has 0 aliphatic carbocycles. The first kappa shape index (κ1) is 13.4. The Kier molecular flexibility index (Phi) is 4.39. The summed E-state index contributed by atoms with van der Waals surface area (Å²) in [4.78, 5) is 26.4. The van der Waals surface area contributed by atoms with Crippen LogP contribution in [0.15, 0.2) is 30.3 Å². The van der Waals surface area contributed by atoms with Crippen LogP contribution in [0.25, 0.3) is 0 Å². The van der Waals surface area contributed by atoms with Gasteiger partial charge in [0.1, 0.15) is 0 Å². The van der Waals surface area contributed by atoms with Crippen LogP contribution in [0.3, 0.4) is 0 Å². The zero-order valence-electron chi connectivity index (χ0n) is 11.1. The predicted octanol–water partition coefficient (Wildman–Crippen LogP) is 1.45. The van der Waals surface area contributed by atoms with E-state index in [9.17, 15) is 9.59 Å². The molecule has 0 saturated carbocycles. The zero-order valence-corrected chi connectivity index (χ0v) is 11.1. The number of anilines is 1. The van der Waals surface area contributed by atoms with Crippen LogP contribution >= 0.6 is 0 Å². The number of piperidine rings is 1. The molecule has 2 rings (SSSR count). The lowest BCUT2D eigenvalue weighted by atomic mass is 10.0. The molecule has 19 heavy (non-hydrogen) atoms. The summed E-state index contributed by atoms with van der Waals surface area (Å²) in [6.07, 6.45) is 2.49. The lowest BCUT2D eigenvalue weighted by Crippen LogP contribution is -2.50. The first-order chi connectivity index (χ1) is 9.26. The van der Waals surface area contributed by atoms with Gasteiger partial charge in [0, 0.05) is 31.9 Å². The van der Waals surface area contributed by atoms with E-state index < -0.39 is 0 Å². The van der Waals surface area contributed by atoms with Crippen LogP contribution < -0.4 is 10.2 Å². The Hall–Kier alpha value is -2.04. The maximum Gasteiger partial charge on any atom is 0.321 e. The molecule has 1 N–H and O–H groups in total. The molecule has 1 aliphatic rings. The molecule has 1 fully saturated rings. The Balaban J connectivity index is 2.15. The number of nitrogens with zero attached hydrogens (tertiary/aromatic N) is 2. The molecule has 0 bridgehead atoms. The average molecular weight is 261 g/mol. The molecular weight excluding hydrogens is 242 g/mol. The lowest BCUT2D eigenvalue weighted by molar-refractivity contribution is -0.119. The van der Waals surface area contributed by atoms with Gasteiger partial charge in [-0.2, -0.15) is 0 Å². The molecule has 1 aliphatic heterocycles. The number of para-hydroxylation sites is 1. The summed E-state index contributed by atoms with van der Waals surface area (Å²) < 4.78 is 0. The summed E-state index contributed by atoms with van der Waals surface area (Å²) in [5.41, 5.74) is 0.895. The fraction of sp³-hybridized carbons (Fsp3) is 0.429. The van der Waals surface area contributed by atoms with Gasteiger partial charge in [0.05, 0.1) is 0 Å². The highest BCUT2D eigenvalue weighted by Crippen LogP contribution is 2.23. The van der Waals surface area contributed by atoms with Crippen LogP contribution in [0.4, 0.5) is 10.5 Å². The van der Waals surface area contributed by atoms with Gasteiger partial charge < -0.3 is 10.2 Å². The third-order valence-electron chi connectivity index (χ3n) is 3.48. The van der Waals surface area contributed by atoms with E-state index in [0.29, 0.717) is 13.1 Å². The molecule has 1 aromatic carbocycles. The van der Waals surface area contributed by atoms with Crippen LogP contribution in [0, 0.1) is 0 Å². The topological polar surface area (TPSA) is 52.7 Å². The maximum atomic E-state index is 12.1. The summed E-state index contributed by atoms with van der Waals surface area (Å²) >= 11 is 0. The van der Waals surface area contributed by atoms with Gasteiger partial charge in [0.2, 0.25) is 6.41 Å². The maximum absolute atomic E-state index is 12.1. The van der Waals surface area contributed by atoms with Crippen molar-refractivity contribution in [3.8, 4) is 0 Å². The molecule has 1 heterocycles. The Bertz CT molecular complexity index is 428. The SMILES string of the molecule is CNC(=O)N(c1ccccc1)C1CCN(C=O)CC1. The van der Waals surface area contributed by atoms with Crippen molar-refractivity contribution >= 4 is 18.1 Å². The van der Waals surface area contributed by atoms with E-state index in [1.54, 1.807) is 16.8 Å². The molecule has 0 unspecified atom stereocenters. The molecule has 0 radical (unpaired) electrons. The minimum absolute atomic E-state index is 0.101. The summed E-state index contributed by atoms with van der Waals surface area (Å²) in [7, 11) is 1.64. The van der Waals surface area contributed by atoms with Crippen LogP contribution in [-0.2, 0) is 4.79 Å². The minimum atomic E-state index is -0.101. The van der Waals surface area contributed by atoms with E-state index in [-0.39, 0.29) is 12.1 Å². The van der Waals surface area contributed by atoms with E-state index in [1.807, 2.05) is 30.3 Å². The number of urea groups is 1. The van der Waals surface area contributed by atoms with Gasteiger partial charge in [-0.25, -0.2) is 4.79 Å². The predicted molar refractivity (Wildman–Crippen MR) is 74.0 cm³/mol. The standard InChI is InChI=1S/C14H19N3O2/c1-15-14(19)17(12-5-3-2-4-6-12)13-7-9-16(11-18)10-8-13/h2-6,11,13H,7-10H2,1H3,(H,15,19). The molecule has 0 spiro atoms. The van der Waals surface area contributed by atoms with Crippen molar-refractivity contribution in [1.82, 2.24) is 10.2 Å². The highest BCUT2D eigenvalue weighted by atomic mass is 16.2. The van der Waals surface area contributed by atoms with E-state index in [0.717, 1.165) is 24.9 Å². The summed E-state index contributed by atoms with van der Waals surface area (Å²) in [5.74, 6) is 0. The molecule has 0 atom stereocenters. The fourth-order valence-electron chi connectivity index (χ4n) is 2.45.